The normalized spacial score (nSPS) is 35.4. The average molecular weight is 812 g/mol. The summed E-state index contributed by atoms with van der Waals surface area (Å²) in [6.45, 7) is 13.3. The molecule has 0 saturated carbocycles. The van der Waals surface area contributed by atoms with Gasteiger partial charge in [-0.2, -0.15) is 0 Å². The molecule has 2 aromatic rings. The number of carbonyl (C=O) groups is 4. The number of rotatable bonds is 12. The number of esters is 1. The lowest BCUT2D eigenvalue weighted by molar-refractivity contribution is -0.295. The molecule has 5 rings (SSSR count). The maximum Gasteiger partial charge on any atom is 0.410 e. The van der Waals surface area contributed by atoms with Crippen LogP contribution in [-0.2, 0) is 44.6 Å². The van der Waals surface area contributed by atoms with Crippen LogP contribution in [0.1, 0.15) is 93.4 Å². The summed E-state index contributed by atoms with van der Waals surface area (Å²) >= 11 is 0. The van der Waals surface area contributed by atoms with Gasteiger partial charge in [0.25, 0.3) is 0 Å². The van der Waals surface area contributed by atoms with Crippen LogP contribution in [0.2, 0.25) is 0 Å². The largest absolute Gasteiger partial charge is 0.457 e. The molecule has 0 aliphatic carbocycles. The summed E-state index contributed by atoms with van der Waals surface area (Å²) in [4.78, 5) is 68.8. The number of ether oxygens (including phenoxy) is 5. The van der Waals surface area contributed by atoms with Crippen molar-refractivity contribution in [1.82, 2.24) is 24.3 Å². The van der Waals surface area contributed by atoms with E-state index < -0.39 is 77.4 Å². The minimum atomic E-state index is -1.33. The second kappa shape index (κ2) is 19.1. The highest BCUT2D eigenvalue weighted by Crippen LogP contribution is 2.43. The minimum Gasteiger partial charge on any atom is -0.457 e. The molecular formula is C43H65N5O10. The Kier molecular flexibility index (Phi) is 14.9. The van der Waals surface area contributed by atoms with Crippen molar-refractivity contribution in [3.8, 4) is 11.3 Å². The first-order valence-electron chi connectivity index (χ1n) is 20.9. The molecule has 3 aliphatic rings. The quantitative estimate of drug-likeness (QED) is 0.171. The van der Waals surface area contributed by atoms with Gasteiger partial charge in [-0.25, -0.2) is 9.78 Å². The maximum atomic E-state index is 14.5. The van der Waals surface area contributed by atoms with Crippen LogP contribution < -0.4 is 0 Å². The molecule has 322 valence electrons. The minimum absolute atomic E-state index is 0.0482. The highest BCUT2D eigenvalue weighted by Gasteiger charge is 2.59. The Morgan fingerprint density at radius 3 is 2.36 bits per heavy atom. The first-order chi connectivity index (χ1) is 27.5. The number of ketones is 2. The van der Waals surface area contributed by atoms with E-state index in [9.17, 15) is 24.3 Å². The van der Waals surface area contributed by atoms with Gasteiger partial charge in [-0.1, -0.05) is 27.7 Å². The van der Waals surface area contributed by atoms with E-state index in [0.717, 1.165) is 17.7 Å². The zero-order valence-electron chi connectivity index (χ0n) is 36.0. The molecule has 58 heavy (non-hydrogen) atoms. The summed E-state index contributed by atoms with van der Waals surface area (Å²) < 4.78 is 33.3. The van der Waals surface area contributed by atoms with Crippen LogP contribution in [0.25, 0.3) is 11.3 Å². The number of fused-ring (bicyclic) bond motifs is 1. The Labute approximate surface area is 343 Å². The Morgan fingerprint density at radius 2 is 1.72 bits per heavy atom. The zero-order chi connectivity index (χ0) is 42.5. The van der Waals surface area contributed by atoms with Crippen molar-refractivity contribution in [2.24, 2.45) is 17.8 Å². The molecule has 0 spiro atoms. The van der Waals surface area contributed by atoms with Gasteiger partial charge in [0.2, 0.25) is 0 Å². The van der Waals surface area contributed by atoms with Gasteiger partial charge in [0, 0.05) is 68.7 Å². The number of pyridine rings is 1. The Morgan fingerprint density at radius 1 is 1.03 bits per heavy atom. The number of hydrogen-bond acceptors (Lipinski definition) is 13. The number of aliphatic hydroxyl groups excluding tert-OH is 1. The predicted octanol–water partition coefficient (Wildman–Crippen LogP) is 5.07. The van der Waals surface area contributed by atoms with Gasteiger partial charge >= 0.3 is 12.1 Å². The van der Waals surface area contributed by atoms with Crippen molar-refractivity contribution in [2.45, 2.75) is 154 Å². The van der Waals surface area contributed by atoms with Crippen LogP contribution in [0.3, 0.4) is 0 Å². The number of unbranched alkanes of at least 4 members (excludes halogenated alkanes) is 1. The van der Waals surface area contributed by atoms with Crippen LogP contribution in [0.5, 0.6) is 0 Å². The van der Waals surface area contributed by atoms with E-state index >= 15 is 0 Å². The third kappa shape index (κ3) is 9.49. The first-order valence-corrected chi connectivity index (χ1v) is 20.9. The van der Waals surface area contributed by atoms with E-state index in [1.54, 1.807) is 37.5 Å². The lowest BCUT2D eigenvalue weighted by Crippen LogP contribution is -2.59. The van der Waals surface area contributed by atoms with E-state index in [4.69, 9.17) is 23.7 Å². The van der Waals surface area contributed by atoms with Gasteiger partial charge in [-0.15, -0.1) is 0 Å². The topological polar surface area (TPSA) is 172 Å². The molecule has 2 aromatic heterocycles. The van der Waals surface area contributed by atoms with Crippen molar-refractivity contribution in [2.75, 3.05) is 27.7 Å². The molecular weight excluding hydrogens is 746 g/mol. The first kappa shape index (κ1) is 45.3. The number of likely N-dealkylation sites (N-methyl/N-ethyl adjacent to an activating group) is 1. The second-order valence-electron chi connectivity index (χ2n) is 17.0. The molecule has 3 aliphatic heterocycles. The van der Waals surface area contributed by atoms with Crippen LogP contribution in [0, 0.1) is 17.8 Å². The monoisotopic (exact) mass is 811 g/mol. The molecule has 1 amide bonds. The van der Waals surface area contributed by atoms with Gasteiger partial charge in [0.15, 0.2) is 17.7 Å². The molecule has 3 saturated heterocycles. The van der Waals surface area contributed by atoms with Gasteiger partial charge in [0.05, 0.1) is 35.9 Å². The Bertz CT molecular complexity index is 1720. The lowest BCUT2D eigenvalue weighted by Gasteiger charge is -2.47. The predicted molar refractivity (Wildman–Crippen MR) is 214 cm³/mol. The van der Waals surface area contributed by atoms with Crippen LogP contribution in [-0.4, -0.2) is 135 Å². The molecule has 15 heteroatoms. The van der Waals surface area contributed by atoms with Crippen LogP contribution in [0.4, 0.5) is 4.79 Å². The summed E-state index contributed by atoms with van der Waals surface area (Å²) in [5.74, 6) is -4.13. The number of Topliss-reactive ketones (excluding diaryl/α,β-unsaturated/α-hetero) is 2. The van der Waals surface area contributed by atoms with Crippen LogP contribution >= 0.6 is 0 Å². The highest BCUT2D eigenvalue weighted by atomic mass is 16.7. The summed E-state index contributed by atoms with van der Waals surface area (Å²) in [6, 6.07) is 2.79. The molecule has 0 bridgehead atoms. The molecule has 1 N–H and O–H groups in total. The molecule has 0 radical (unpaired) electrons. The van der Waals surface area contributed by atoms with Crippen molar-refractivity contribution in [1.29, 1.82) is 0 Å². The number of aromatic nitrogens is 3. The molecule has 3 fully saturated rings. The zero-order valence-corrected chi connectivity index (χ0v) is 36.0. The number of amides is 1. The van der Waals surface area contributed by atoms with E-state index in [-0.39, 0.29) is 43.6 Å². The fourth-order valence-electron chi connectivity index (χ4n) is 9.21. The summed E-state index contributed by atoms with van der Waals surface area (Å²) in [5, 5.41) is 11.4. The molecule has 15 nitrogen and oxygen atoms in total. The third-order valence-corrected chi connectivity index (χ3v) is 12.8. The van der Waals surface area contributed by atoms with E-state index in [2.05, 4.69) is 9.97 Å². The standard InChI is InChI=1S/C43H65N5O10/c1-11-35-43(12-2)34(48(41(53)58-43)20-14-13-19-47-24-31(45-25-47)30-15-17-44-18-16-30)22-33(49)26(3)23-42(7,54-10)38(28(5)36(50)29(6)39(52)56-35)57-40-37(51)32(46(8)9)21-27(4)55-40/h15-18,24-29,32,34-35,37-38,40,51H,11-14,19-23H2,1-10H3/t26-,27-,28+,29-,32+,34-,35-,37-,38-,40?,42-,43+/m1/s1. The lowest BCUT2D eigenvalue weighted by atomic mass is 9.75. The molecule has 0 aromatic carbocycles. The number of aliphatic hydroxyl groups is 1. The Balaban J connectivity index is 1.42. The smallest absolute Gasteiger partial charge is 0.410 e. The average Bonchev–Trinajstić information content (AvgIpc) is 3.79. The van der Waals surface area contributed by atoms with Crippen molar-refractivity contribution < 1.29 is 48.0 Å². The number of carbonyl (C=O) groups excluding carboxylic acids is 4. The van der Waals surface area contributed by atoms with Gasteiger partial charge < -0.3 is 43.2 Å². The number of hydrogen-bond donors (Lipinski definition) is 1. The maximum absolute atomic E-state index is 14.5. The SMILES string of the molecule is CC[C@H]1OC(=O)[C@H](C)C(=O)[C@H](C)[C@@H](OC2O[C@H](C)C[C@H](N(C)C)[C@H]2O)[C@](C)(OC)C[C@@H](C)C(=O)C[C@H]2N(CCCCn3cnc(-c4ccncc4)c3)C(=O)O[C@]12CC. The number of nitrogens with zero attached hydrogens (tertiary/aromatic N) is 5. The fraction of sp³-hybridized carbons (Fsp3) is 0.721. The van der Waals surface area contributed by atoms with E-state index in [1.807, 2.05) is 69.6 Å². The van der Waals surface area contributed by atoms with E-state index in [0.29, 0.717) is 25.9 Å². The van der Waals surface area contributed by atoms with Gasteiger partial charge in [-0.05, 0) is 85.5 Å². The summed E-state index contributed by atoms with van der Waals surface area (Å²) in [7, 11) is 5.25. The second-order valence-corrected chi connectivity index (χ2v) is 17.0. The highest BCUT2D eigenvalue weighted by molar-refractivity contribution is 6.00. The molecule has 1 unspecified atom stereocenters. The number of methoxy groups -OCH3 is 1. The number of imidazole rings is 1. The Hall–Kier alpha value is -3.76. The summed E-state index contributed by atoms with van der Waals surface area (Å²) in [5.41, 5.74) is -0.778. The molecule has 12 atom stereocenters. The fourth-order valence-corrected chi connectivity index (χ4v) is 9.21. The van der Waals surface area contributed by atoms with Gasteiger partial charge in [0.1, 0.15) is 23.9 Å². The van der Waals surface area contributed by atoms with Gasteiger partial charge in [-0.3, -0.25) is 19.4 Å². The van der Waals surface area contributed by atoms with Crippen molar-refractivity contribution >= 4 is 23.6 Å². The molecule has 5 heterocycles. The van der Waals surface area contributed by atoms with Crippen molar-refractivity contribution in [3.05, 3.63) is 37.1 Å². The summed E-state index contributed by atoms with van der Waals surface area (Å²) in [6.07, 6.45) is 4.82. The number of aryl methyl sites for hydroxylation is 1. The van der Waals surface area contributed by atoms with Crippen LogP contribution in [0.15, 0.2) is 37.1 Å². The number of cyclic esters (lactones) is 1. The van der Waals surface area contributed by atoms with Crippen molar-refractivity contribution in [3.63, 3.8) is 0 Å². The van der Waals surface area contributed by atoms with E-state index in [1.165, 1.54) is 14.0 Å². The third-order valence-electron chi connectivity index (χ3n) is 12.8.